The first-order valence-corrected chi connectivity index (χ1v) is 8.17. The average molecular weight is 324 g/mol. The van der Waals surface area contributed by atoms with E-state index >= 15 is 0 Å². The van der Waals surface area contributed by atoms with E-state index in [2.05, 4.69) is 10.3 Å². The third-order valence-corrected chi connectivity index (χ3v) is 4.55. The molecule has 0 radical (unpaired) electrons. The fraction of sp³-hybridized carbons (Fsp3) is 0.167. The highest BCUT2D eigenvalue weighted by molar-refractivity contribution is 7.16. The molecule has 23 heavy (non-hydrogen) atoms. The summed E-state index contributed by atoms with van der Waals surface area (Å²) in [4.78, 5) is 27.9. The predicted octanol–water partition coefficient (Wildman–Crippen LogP) is 3.99. The first-order valence-electron chi connectivity index (χ1n) is 7.29. The molecule has 3 aromatic rings. The Bertz CT molecular complexity index is 868. The lowest BCUT2D eigenvalue weighted by Crippen LogP contribution is -2.26. The quantitative estimate of drug-likeness (QED) is 0.738. The first kappa shape index (κ1) is 15.4. The molecule has 1 heterocycles. The molecule has 1 aromatic heterocycles. The van der Waals surface area contributed by atoms with Gasteiger partial charge in [0.2, 0.25) is 0 Å². The molecule has 116 valence electrons. The molecule has 2 aromatic carbocycles. The van der Waals surface area contributed by atoms with Crippen LogP contribution in [0, 0.1) is 0 Å². The maximum atomic E-state index is 12.4. The Morgan fingerprint density at radius 1 is 1.09 bits per heavy atom. The van der Waals surface area contributed by atoms with Crippen molar-refractivity contribution in [3.05, 3.63) is 64.7 Å². The average Bonchev–Trinajstić information content (AvgIpc) is 3.02. The van der Waals surface area contributed by atoms with Crippen LogP contribution in [0.15, 0.2) is 48.0 Å². The van der Waals surface area contributed by atoms with Gasteiger partial charge in [0.25, 0.3) is 5.91 Å². The maximum Gasteiger partial charge on any atom is 0.251 e. The predicted molar refractivity (Wildman–Crippen MR) is 91.9 cm³/mol. The summed E-state index contributed by atoms with van der Waals surface area (Å²) in [6, 6.07) is 12.7. The van der Waals surface area contributed by atoms with Crippen LogP contribution < -0.4 is 5.32 Å². The molecule has 1 amide bonds. The lowest BCUT2D eigenvalue weighted by Gasteiger charge is -2.14. The number of hydrogen-bond donors (Lipinski definition) is 1. The van der Waals surface area contributed by atoms with Gasteiger partial charge in [-0.15, -0.1) is 11.3 Å². The smallest absolute Gasteiger partial charge is 0.251 e. The molecule has 0 spiro atoms. The summed E-state index contributed by atoms with van der Waals surface area (Å²) in [6.07, 6.45) is 0. The number of thiazole rings is 1. The van der Waals surface area contributed by atoms with Crippen LogP contribution in [-0.4, -0.2) is 16.7 Å². The largest absolute Gasteiger partial charge is 0.346 e. The van der Waals surface area contributed by atoms with Crippen molar-refractivity contribution < 1.29 is 9.59 Å². The van der Waals surface area contributed by atoms with Crippen LogP contribution in [0.25, 0.3) is 10.2 Å². The lowest BCUT2D eigenvalue weighted by atomic mass is 10.0. The van der Waals surface area contributed by atoms with Crippen molar-refractivity contribution in [1.29, 1.82) is 0 Å². The van der Waals surface area contributed by atoms with Crippen molar-refractivity contribution in [2.75, 3.05) is 0 Å². The van der Waals surface area contributed by atoms with Crippen LogP contribution in [0.2, 0.25) is 0 Å². The molecule has 0 aliphatic rings. The van der Waals surface area contributed by atoms with Crippen molar-refractivity contribution in [3.63, 3.8) is 0 Å². The highest BCUT2D eigenvalue weighted by atomic mass is 32.1. The minimum atomic E-state index is -0.138. The minimum Gasteiger partial charge on any atom is -0.346 e. The Morgan fingerprint density at radius 2 is 1.78 bits per heavy atom. The number of aromatic nitrogens is 1. The number of nitrogens with zero attached hydrogens (tertiary/aromatic N) is 1. The van der Waals surface area contributed by atoms with Crippen LogP contribution in [0.5, 0.6) is 0 Å². The molecule has 5 heteroatoms. The van der Waals surface area contributed by atoms with E-state index in [-0.39, 0.29) is 17.7 Å². The summed E-state index contributed by atoms with van der Waals surface area (Å²) in [5, 5.41) is 2.98. The molecule has 0 fully saturated rings. The molecule has 0 aliphatic heterocycles. The lowest BCUT2D eigenvalue weighted by molar-refractivity contribution is 0.0939. The van der Waals surface area contributed by atoms with E-state index in [9.17, 15) is 9.59 Å². The zero-order valence-electron chi connectivity index (χ0n) is 12.9. The Balaban J connectivity index is 1.74. The second kappa shape index (κ2) is 6.30. The van der Waals surface area contributed by atoms with Crippen molar-refractivity contribution in [1.82, 2.24) is 10.3 Å². The van der Waals surface area contributed by atoms with Gasteiger partial charge in [0.1, 0.15) is 0 Å². The number of amides is 1. The van der Waals surface area contributed by atoms with Crippen molar-refractivity contribution in [2.24, 2.45) is 0 Å². The molecule has 0 aliphatic carbocycles. The van der Waals surface area contributed by atoms with E-state index < -0.39 is 0 Å². The summed E-state index contributed by atoms with van der Waals surface area (Å²) in [5.74, 6) is -0.0884. The normalized spacial score (nSPS) is 12.1. The topological polar surface area (TPSA) is 59.1 Å². The third-order valence-electron chi connectivity index (χ3n) is 3.76. The fourth-order valence-electron chi connectivity index (χ4n) is 2.37. The van der Waals surface area contributed by atoms with Gasteiger partial charge >= 0.3 is 0 Å². The van der Waals surface area contributed by atoms with Crippen molar-refractivity contribution in [3.8, 4) is 0 Å². The van der Waals surface area contributed by atoms with Crippen LogP contribution in [0.4, 0.5) is 0 Å². The van der Waals surface area contributed by atoms with Crippen LogP contribution >= 0.6 is 11.3 Å². The van der Waals surface area contributed by atoms with E-state index in [1.807, 2.05) is 31.2 Å². The molecule has 0 saturated heterocycles. The zero-order chi connectivity index (χ0) is 16.4. The number of carbonyl (C=O) groups excluding carboxylic acids is 2. The number of hydrogen-bond acceptors (Lipinski definition) is 4. The maximum absolute atomic E-state index is 12.4. The van der Waals surface area contributed by atoms with Gasteiger partial charge in [0.15, 0.2) is 5.78 Å². The molecule has 4 nitrogen and oxygen atoms in total. The number of nitrogens with one attached hydrogen (secondary N) is 1. The Hall–Kier alpha value is -2.53. The van der Waals surface area contributed by atoms with Crippen molar-refractivity contribution >= 4 is 33.2 Å². The van der Waals surface area contributed by atoms with Crippen LogP contribution in [-0.2, 0) is 0 Å². The SMILES string of the molecule is CC(=O)c1ccc(C(C)NC(=O)c2ccc3ncsc3c2)cc1. The Kier molecular flexibility index (Phi) is 4.21. The number of benzene rings is 2. The summed E-state index contributed by atoms with van der Waals surface area (Å²) in [5.41, 5.74) is 4.92. The zero-order valence-corrected chi connectivity index (χ0v) is 13.7. The van der Waals surface area contributed by atoms with Gasteiger partial charge in [-0.25, -0.2) is 4.98 Å². The van der Waals surface area contributed by atoms with Crippen molar-refractivity contribution in [2.45, 2.75) is 19.9 Å². The van der Waals surface area contributed by atoms with Crippen LogP contribution in [0.3, 0.4) is 0 Å². The van der Waals surface area contributed by atoms with E-state index in [1.54, 1.807) is 23.7 Å². The number of rotatable bonds is 4. The van der Waals surface area contributed by atoms with Gasteiger partial charge in [0, 0.05) is 11.1 Å². The number of Topliss-reactive ketones (excluding diaryl/α,β-unsaturated/α-hetero) is 1. The standard InChI is InChI=1S/C18H16N2O2S/c1-11(13-3-5-14(6-4-13)12(2)21)20-18(22)15-7-8-16-17(9-15)23-10-19-16/h3-11H,1-2H3,(H,20,22). The number of carbonyl (C=O) groups is 2. The van der Waals surface area contributed by atoms with Gasteiger partial charge in [-0.3, -0.25) is 9.59 Å². The summed E-state index contributed by atoms with van der Waals surface area (Å²) in [7, 11) is 0. The summed E-state index contributed by atoms with van der Waals surface area (Å²) < 4.78 is 0.996. The summed E-state index contributed by atoms with van der Waals surface area (Å²) >= 11 is 1.52. The van der Waals surface area contributed by atoms with Gasteiger partial charge in [-0.2, -0.15) is 0 Å². The first-order chi connectivity index (χ1) is 11.0. The molecule has 1 N–H and O–H groups in total. The molecular formula is C18H16N2O2S. The highest BCUT2D eigenvalue weighted by Gasteiger charge is 2.12. The highest BCUT2D eigenvalue weighted by Crippen LogP contribution is 2.20. The van der Waals surface area contributed by atoms with Gasteiger partial charge in [-0.05, 0) is 37.6 Å². The van der Waals surface area contributed by atoms with E-state index in [0.29, 0.717) is 11.1 Å². The number of ketones is 1. The Morgan fingerprint density at radius 3 is 2.48 bits per heavy atom. The second-order valence-electron chi connectivity index (χ2n) is 5.41. The van der Waals surface area contributed by atoms with Gasteiger partial charge < -0.3 is 5.32 Å². The molecule has 0 bridgehead atoms. The molecule has 1 atom stereocenters. The second-order valence-corrected chi connectivity index (χ2v) is 6.29. The Labute approximate surface area is 138 Å². The number of fused-ring (bicyclic) bond motifs is 1. The van der Waals surface area contributed by atoms with E-state index in [1.165, 1.54) is 18.3 Å². The molecule has 0 saturated carbocycles. The van der Waals surface area contributed by atoms with Gasteiger partial charge in [0.05, 0.1) is 21.8 Å². The molecule has 3 rings (SSSR count). The molecule has 1 unspecified atom stereocenters. The fourth-order valence-corrected chi connectivity index (χ4v) is 3.08. The monoisotopic (exact) mass is 324 g/mol. The minimum absolute atomic E-state index is 0.0334. The van der Waals surface area contributed by atoms with Crippen LogP contribution in [0.1, 0.15) is 46.2 Å². The summed E-state index contributed by atoms with van der Waals surface area (Å²) in [6.45, 7) is 3.46. The van der Waals surface area contributed by atoms with Gasteiger partial charge in [-0.1, -0.05) is 24.3 Å². The molecular weight excluding hydrogens is 308 g/mol. The van der Waals surface area contributed by atoms with E-state index in [0.717, 1.165) is 15.8 Å². The van der Waals surface area contributed by atoms with E-state index in [4.69, 9.17) is 0 Å². The third kappa shape index (κ3) is 3.29.